The van der Waals surface area contributed by atoms with Crippen molar-refractivity contribution in [3.05, 3.63) is 46.5 Å². The van der Waals surface area contributed by atoms with E-state index in [4.69, 9.17) is 11.6 Å². The summed E-state index contributed by atoms with van der Waals surface area (Å²) in [7, 11) is 0. The van der Waals surface area contributed by atoms with Gasteiger partial charge in [-0.1, -0.05) is 11.6 Å². The van der Waals surface area contributed by atoms with E-state index in [0.717, 1.165) is 16.7 Å². The molecule has 22 heavy (non-hydrogen) atoms. The van der Waals surface area contributed by atoms with Crippen molar-refractivity contribution < 1.29 is 5.11 Å². The lowest BCUT2D eigenvalue weighted by Crippen LogP contribution is -2.23. The number of hydrogen-bond acceptors (Lipinski definition) is 3. The summed E-state index contributed by atoms with van der Waals surface area (Å²) in [5.41, 5.74) is 5.30. The number of aliphatic hydroxyl groups excluding tert-OH is 1. The van der Waals surface area contributed by atoms with Gasteiger partial charge in [-0.15, -0.1) is 0 Å². The molecule has 3 rings (SSSR count). The molecule has 3 aromatic rings. The molecule has 0 spiro atoms. The quantitative estimate of drug-likeness (QED) is 0.804. The van der Waals surface area contributed by atoms with Gasteiger partial charge in [0, 0.05) is 0 Å². The fraction of sp³-hybridized carbons (Fsp3) is 0.375. The van der Waals surface area contributed by atoms with E-state index in [9.17, 15) is 5.11 Å². The highest BCUT2D eigenvalue weighted by molar-refractivity contribution is 6.31. The molecule has 6 heteroatoms. The van der Waals surface area contributed by atoms with Gasteiger partial charge in [0.15, 0.2) is 0 Å². The van der Waals surface area contributed by atoms with Gasteiger partial charge in [0.25, 0.3) is 0 Å². The Morgan fingerprint density at radius 2 is 1.91 bits per heavy atom. The molecule has 1 aromatic carbocycles. The summed E-state index contributed by atoms with van der Waals surface area (Å²) in [6.45, 7) is 6.92. The second-order valence-electron chi connectivity index (χ2n) is 5.74. The molecule has 0 bridgehead atoms. The van der Waals surface area contributed by atoms with Gasteiger partial charge in [0.2, 0.25) is 0 Å². The van der Waals surface area contributed by atoms with Crippen molar-refractivity contribution in [2.75, 3.05) is 0 Å². The molecule has 1 unspecified atom stereocenters. The van der Waals surface area contributed by atoms with Crippen LogP contribution in [0.2, 0.25) is 5.02 Å². The number of nitrogens with zero attached hydrogens (tertiary/aromatic N) is 4. The first-order valence-electron chi connectivity index (χ1n) is 7.23. The topological polar surface area (TPSA) is 55.9 Å². The van der Waals surface area contributed by atoms with Crippen molar-refractivity contribution in [1.82, 2.24) is 19.3 Å². The Labute approximate surface area is 134 Å². The number of halogens is 1. The summed E-state index contributed by atoms with van der Waals surface area (Å²) < 4.78 is 3.70. The summed E-state index contributed by atoms with van der Waals surface area (Å²) in [5, 5.41) is 15.1. The zero-order chi connectivity index (χ0) is 15.9. The number of benzene rings is 1. The molecule has 0 fully saturated rings. The zero-order valence-corrected chi connectivity index (χ0v) is 13.7. The van der Waals surface area contributed by atoms with Gasteiger partial charge in [-0.2, -0.15) is 5.10 Å². The number of fused-ring (bicyclic) bond motifs is 1. The molecule has 0 aliphatic rings. The molecule has 0 aliphatic carbocycles. The smallest absolute Gasteiger partial charge is 0.0959 e. The maximum atomic E-state index is 10.3. The third-order valence-electron chi connectivity index (χ3n) is 4.07. The molecule has 0 saturated carbocycles. The van der Waals surface area contributed by atoms with Crippen LogP contribution in [-0.2, 0) is 13.1 Å². The summed E-state index contributed by atoms with van der Waals surface area (Å²) in [6, 6.07) is 4.19. The molecule has 2 aromatic heterocycles. The molecule has 2 heterocycles. The van der Waals surface area contributed by atoms with Gasteiger partial charge in [-0.25, -0.2) is 4.98 Å². The minimum Gasteiger partial charge on any atom is -0.389 e. The van der Waals surface area contributed by atoms with E-state index in [1.807, 2.05) is 11.5 Å². The normalized spacial score (nSPS) is 13.0. The SMILES string of the molecule is Cc1cc2ncn(CC(O)Cn3ncc(Cl)c3C)c2cc1C. The molecule has 0 amide bonds. The number of aliphatic hydroxyl groups is 1. The van der Waals surface area contributed by atoms with Gasteiger partial charge in [-0.05, 0) is 44.0 Å². The van der Waals surface area contributed by atoms with Gasteiger partial charge < -0.3 is 9.67 Å². The van der Waals surface area contributed by atoms with Crippen LogP contribution < -0.4 is 0 Å². The second-order valence-corrected chi connectivity index (χ2v) is 6.14. The maximum Gasteiger partial charge on any atom is 0.0959 e. The molecule has 0 radical (unpaired) electrons. The summed E-state index contributed by atoms with van der Waals surface area (Å²) in [5.74, 6) is 0. The second kappa shape index (κ2) is 5.74. The lowest BCUT2D eigenvalue weighted by molar-refractivity contribution is 0.130. The van der Waals surface area contributed by atoms with Crippen LogP contribution in [0.5, 0.6) is 0 Å². The summed E-state index contributed by atoms with van der Waals surface area (Å²) in [4.78, 5) is 4.41. The molecule has 1 N–H and O–H groups in total. The van der Waals surface area contributed by atoms with Crippen molar-refractivity contribution in [3.63, 3.8) is 0 Å². The van der Waals surface area contributed by atoms with Gasteiger partial charge >= 0.3 is 0 Å². The van der Waals surface area contributed by atoms with Gasteiger partial charge in [-0.3, -0.25) is 4.68 Å². The molecular formula is C16H19ClN4O. The first-order valence-corrected chi connectivity index (χ1v) is 7.61. The highest BCUT2D eigenvalue weighted by atomic mass is 35.5. The average Bonchev–Trinajstić information content (AvgIpc) is 2.98. The van der Waals surface area contributed by atoms with E-state index in [0.29, 0.717) is 18.1 Å². The standard InChI is InChI=1S/C16H19ClN4O/c1-10-4-15-16(5-11(10)2)20(9-18-15)7-13(22)8-21-12(3)14(17)6-19-21/h4-6,9,13,22H,7-8H2,1-3H3. The monoisotopic (exact) mass is 318 g/mol. The van der Waals surface area contributed by atoms with Crippen LogP contribution in [0.3, 0.4) is 0 Å². The molecule has 5 nitrogen and oxygen atoms in total. The summed E-state index contributed by atoms with van der Waals surface area (Å²) >= 11 is 5.99. The van der Waals surface area contributed by atoms with Crippen LogP contribution in [0.25, 0.3) is 11.0 Å². The fourth-order valence-corrected chi connectivity index (χ4v) is 2.69. The Bertz CT molecular complexity index is 821. The van der Waals surface area contributed by atoms with Crippen molar-refractivity contribution in [2.24, 2.45) is 0 Å². The van der Waals surface area contributed by atoms with E-state index in [1.165, 1.54) is 11.1 Å². The van der Waals surface area contributed by atoms with Crippen LogP contribution in [0, 0.1) is 20.8 Å². The van der Waals surface area contributed by atoms with Crippen molar-refractivity contribution in [3.8, 4) is 0 Å². The van der Waals surface area contributed by atoms with Crippen LogP contribution in [-0.4, -0.2) is 30.5 Å². The lowest BCUT2D eigenvalue weighted by atomic mass is 10.1. The van der Waals surface area contributed by atoms with Crippen molar-refractivity contribution in [1.29, 1.82) is 0 Å². The number of aryl methyl sites for hydroxylation is 2. The minimum absolute atomic E-state index is 0.406. The number of rotatable bonds is 4. The molecule has 116 valence electrons. The Kier molecular flexibility index (Phi) is 3.93. The molecule has 0 aliphatic heterocycles. The average molecular weight is 319 g/mol. The number of hydrogen-bond donors (Lipinski definition) is 1. The Hall–Kier alpha value is -1.85. The minimum atomic E-state index is -0.561. The van der Waals surface area contributed by atoms with E-state index < -0.39 is 6.10 Å². The molecule has 1 atom stereocenters. The number of aromatic nitrogens is 4. The Morgan fingerprint density at radius 3 is 2.59 bits per heavy atom. The molecular weight excluding hydrogens is 300 g/mol. The van der Waals surface area contributed by atoms with Gasteiger partial charge in [0.1, 0.15) is 0 Å². The first-order chi connectivity index (χ1) is 10.5. The zero-order valence-electron chi connectivity index (χ0n) is 12.9. The first kappa shape index (κ1) is 15.1. The predicted octanol–water partition coefficient (Wildman–Crippen LogP) is 2.87. The highest BCUT2D eigenvalue weighted by Crippen LogP contribution is 2.19. The third kappa shape index (κ3) is 2.74. The third-order valence-corrected chi connectivity index (χ3v) is 4.44. The number of imidazole rings is 1. The Balaban J connectivity index is 1.81. The van der Waals surface area contributed by atoms with Crippen LogP contribution >= 0.6 is 11.6 Å². The van der Waals surface area contributed by atoms with E-state index in [2.05, 4.69) is 36.1 Å². The van der Waals surface area contributed by atoms with Gasteiger partial charge in [0.05, 0.1) is 53.5 Å². The van der Waals surface area contributed by atoms with Crippen LogP contribution in [0.4, 0.5) is 0 Å². The van der Waals surface area contributed by atoms with Crippen molar-refractivity contribution >= 4 is 22.6 Å². The van der Waals surface area contributed by atoms with Crippen LogP contribution in [0.15, 0.2) is 24.7 Å². The molecule has 0 saturated heterocycles. The van der Waals surface area contributed by atoms with E-state index >= 15 is 0 Å². The highest BCUT2D eigenvalue weighted by Gasteiger charge is 2.13. The Morgan fingerprint density at radius 1 is 1.18 bits per heavy atom. The maximum absolute atomic E-state index is 10.3. The summed E-state index contributed by atoms with van der Waals surface area (Å²) in [6.07, 6.45) is 2.81. The largest absolute Gasteiger partial charge is 0.389 e. The lowest BCUT2D eigenvalue weighted by Gasteiger charge is -2.14. The van der Waals surface area contributed by atoms with Crippen LogP contribution in [0.1, 0.15) is 16.8 Å². The van der Waals surface area contributed by atoms with E-state index in [-0.39, 0.29) is 0 Å². The predicted molar refractivity (Wildman–Crippen MR) is 87.2 cm³/mol. The van der Waals surface area contributed by atoms with E-state index in [1.54, 1.807) is 17.2 Å². The van der Waals surface area contributed by atoms with Crippen molar-refractivity contribution in [2.45, 2.75) is 40.0 Å². The fourth-order valence-electron chi connectivity index (χ4n) is 2.55.